The molecule has 1 aliphatic rings. The number of carboxylic acids is 1. The summed E-state index contributed by atoms with van der Waals surface area (Å²) in [6, 6.07) is 3.86. The molecule has 1 N–H and O–H groups in total. The van der Waals surface area contributed by atoms with Gasteiger partial charge >= 0.3 is 5.97 Å². The highest BCUT2D eigenvalue weighted by molar-refractivity contribution is 5.88. The summed E-state index contributed by atoms with van der Waals surface area (Å²) in [5.41, 5.74) is 0.169. The van der Waals surface area contributed by atoms with Gasteiger partial charge in [-0.2, -0.15) is 0 Å². The van der Waals surface area contributed by atoms with Crippen LogP contribution in [0.5, 0.6) is 0 Å². The molecule has 1 atom stereocenters. The number of carbonyl (C=O) groups is 2. The zero-order valence-corrected chi connectivity index (χ0v) is 11.0. The van der Waals surface area contributed by atoms with Crippen LogP contribution in [0.25, 0.3) is 0 Å². The van der Waals surface area contributed by atoms with Crippen molar-refractivity contribution in [1.29, 1.82) is 0 Å². The summed E-state index contributed by atoms with van der Waals surface area (Å²) in [6.45, 7) is 1.98. The normalized spacial score (nSPS) is 21.8. The molecule has 0 bridgehead atoms. The fourth-order valence-electron chi connectivity index (χ4n) is 2.68. The van der Waals surface area contributed by atoms with E-state index in [9.17, 15) is 14.7 Å². The molecule has 0 spiro atoms. The Morgan fingerprint density at radius 2 is 2.11 bits per heavy atom. The highest BCUT2D eigenvalue weighted by atomic mass is 16.4. The van der Waals surface area contributed by atoms with E-state index in [0.29, 0.717) is 19.4 Å². The third-order valence-corrected chi connectivity index (χ3v) is 3.85. The molecule has 1 saturated heterocycles. The Labute approximate surface area is 112 Å². The number of nitrogens with zero attached hydrogens (tertiary/aromatic N) is 2. The third-order valence-electron chi connectivity index (χ3n) is 3.85. The maximum Gasteiger partial charge on any atom is 0.329 e. The van der Waals surface area contributed by atoms with Gasteiger partial charge in [0.1, 0.15) is 5.54 Å². The van der Waals surface area contributed by atoms with Crippen molar-refractivity contribution in [2.24, 2.45) is 0 Å². The highest BCUT2D eigenvalue weighted by Crippen LogP contribution is 2.35. The second-order valence-corrected chi connectivity index (χ2v) is 4.97. The second-order valence-electron chi connectivity index (χ2n) is 4.97. The van der Waals surface area contributed by atoms with Gasteiger partial charge in [0.25, 0.3) is 0 Å². The number of hydrogen-bond donors (Lipinski definition) is 1. The van der Waals surface area contributed by atoms with E-state index in [4.69, 9.17) is 0 Å². The summed E-state index contributed by atoms with van der Waals surface area (Å²) in [5, 5.41) is 9.40. The molecule has 0 aromatic carbocycles. The van der Waals surface area contributed by atoms with Crippen LogP contribution < -0.4 is 0 Å². The van der Waals surface area contributed by atoms with Gasteiger partial charge in [0.2, 0.25) is 5.91 Å². The van der Waals surface area contributed by atoms with Crippen molar-refractivity contribution < 1.29 is 14.7 Å². The van der Waals surface area contributed by atoms with E-state index in [0.717, 1.165) is 18.4 Å². The summed E-state index contributed by atoms with van der Waals surface area (Å²) in [6.07, 6.45) is 6.08. The van der Waals surface area contributed by atoms with Gasteiger partial charge in [-0.05, 0) is 43.4 Å². The third kappa shape index (κ3) is 2.59. The number of aryl methyl sites for hydroxylation is 1. The van der Waals surface area contributed by atoms with E-state index in [1.165, 1.54) is 11.8 Å². The first-order valence-electron chi connectivity index (χ1n) is 6.47. The molecule has 5 nitrogen and oxygen atoms in total. The first-order valence-corrected chi connectivity index (χ1v) is 6.47. The van der Waals surface area contributed by atoms with E-state index in [1.807, 2.05) is 12.1 Å². The average Bonchev–Trinajstić information content (AvgIpc) is 2.33. The van der Waals surface area contributed by atoms with Crippen molar-refractivity contribution in [3.63, 3.8) is 0 Å². The lowest BCUT2D eigenvalue weighted by atomic mass is 9.79. The molecule has 1 aliphatic heterocycles. The van der Waals surface area contributed by atoms with E-state index >= 15 is 0 Å². The predicted octanol–water partition coefficient (Wildman–Crippen LogP) is 1.48. The lowest BCUT2D eigenvalue weighted by Crippen LogP contribution is -2.66. The predicted molar refractivity (Wildman–Crippen MR) is 69.5 cm³/mol. The SMILES string of the molecule is CC(=O)N1CC[C@@]1(CCCc1ccncc1)C(=O)O. The molecule has 1 amide bonds. The molecule has 1 fully saturated rings. The Hall–Kier alpha value is -1.91. The van der Waals surface area contributed by atoms with Crippen LogP contribution in [0.2, 0.25) is 0 Å². The molecule has 2 heterocycles. The average molecular weight is 262 g/mol. The topological polar surface area (TPSA) is 70.5 Å². The minimum absolute atomic E-state index is 0.155. The first kappa shape index (κ1) is 13.5. The first-order chi connectivity index (χ1) is 9.06. The van der Waals surface area contributed by atoms with Crippen LogP contribution in [0, 0.1) is 0 Å². The van der Waals surface area contributed by atoms with Crippen LogP contribution in [-0.4, -0.2) is 39.0 Å². The fourth-order valence-corrected chi connectivity index (χ4v) is 2.68. The van der Waals surface area contributed by atoms with Gasteiger partial charge in [-0.1, -0.05) is 0 Å². The molecular formula is C14H18N2O3. The van der Waals surface area contributed by atoms with Crippen LogP contribution in [0.1, 0.15) is 31.7 Å². The van der Waals surface area contributed by atoms with E-state index in [2.05, 4.69) is 4.98 Å². The van der Waals surface area contributed by atoms with Crippen LogP contribution in [0.15, 0.2) is 24.5 Å². The Balaban J connectivity index is 1.96. The van der Waals surface area contributed by atoms with Crippen LogP contribution in [-0.2, 0) is 16.0 Å². The lowest BCUT2D eigenvalue weighted by Gasteiger charge is -2.49. The van der Waals surface area contributed by atoms with Gasteiger partial charge in [0.05, 0.1) is 0 Å². The summed E-state index contributed by atoms with van der Waals surface area (Å²) < 4.78 is 0. The van der Waals surface area contributed by atoms with Crippen molar-refractivity contribution in [2.45, 2.75) is 38.1 Å². The largest absolute Gasteiger partial charge is 0.479 e. The number of amides is 1. The van der Waals surface area contributed by atoms with Gasteiger partial charge in [-0.15, -0.1) is 0 Å². The van der Waals surface area contributed by atoms with Crippen LogP contribution >= 0.6 is 0 Å². The Morgan fingerprint density at radius 3 is 2.58 bits per heavy atom. The number of rotatable bonds is 5. The zero-order valence-electron chi connectivity index (χ0n) is 11.0. The van der Waals surface area contributed by atoms with Crippen molar-refractivity contribution >= 4 is 11.9 Å². The standard InChI is InChI=1S/C14H18N2O3/c1-11(17)16-10-7-14(16,13(18)19)6-2-3-12-4-8-15-9-5-12/h4-5,8-9H,2-3,6-7,10H2,1H3,(H,18,19)/t14-/m0/s1. The van der Waals surface area contributed by atoms with Crippen LogP contribution in [0.3, 0.4) is 0 Å². The molecule has 5 heteroatoms. The number of aromatic nitrogens is 1. The molecule has 19 heavy (non-hydrogen) atoms. The molecule has 0 radical (unpaired) electrons. The minimum Gasteiger partial charge on any atom is -0.479 e. The Bertz CT molecular complexity index is 475. The van der Waals surface area contributed by atoms with Crippen molar-refractivity contribution in [1.82, 2.24) is 9.88 Å². The summed E-state index contributed by atoms with van der Waals surface area (Å²) in [7, 11) is 0. The fraction of sp³-hybridized carbons (Fsp3) is 0.500. The van der Waals surface area contributed by atoms with E-state index < -0.39 is 11.5 Å². The molecule has 0 saturated carbocycles. The number of carboxylic acid groups (broad SMARTS) is 1. The lowest BCUT2D eigenvalue weighted by molar-refractivity contribution is -0.170. The van der Waals surface area contributed by atoms with Crippen molar-refractivity contribution in [2.75, 3.05) is 6.54 Å². The Kier molecular flexibility index (Phi) is 3.83. The maximum absolute atomic E-state index is 11.5. The second kappa shape index (κ2) is 5.38. The van der Waals surface area contributed by atoms with Gasteiger partial charge in [0, 0.05) is 25.9 Å². The maximum atomic E-state index is 11.5. The number of hydrogen-bond acceptors (Lipinski definition) is 3. The summed E-state index contributed by atoms with van der Waals surface area (Å²) >= 11 is 0. The number of aliphatic carboxylic acids is 1. The quantitative estimate of drug-likeness (QED) is 0.872. The summed E-state index contributed by atoms with van der Waals surface area (Å²) in [5.74, 6) is -1.04. The number of pyridine rings is 1. The number of likely N-dealkylation sites (tertiary alicyclic amines) is 1. The number of carbonyl (C=O) groups excluding carboxylic acids is 1. The molecular weight excluding hydrogens is 244 g/mol. The molecule has 2 rings (SSSR count). The zero-order chi connectivity index (χ0) is 13.9. The molecule has 1 aromatic rings. The minimum atomic E-state index is -0.973. The Morgan fingerprint density at radius 1 is 1.42 bits per heavy atom. The van der Waals surface area contributed by atoms with Gasteiger partial charge in [-0.3, -0.25) is 9.78 Å². The van der Waals surface area contributed by atoms with E-state index in [1.54, 1.807) is 12.4 Å². The molecule has 0 unspecified atom stereocenters. The molecule has 1 aromatic heterocycles. The summed E-state index contributed by atoms with van der Waals surface area (Å²) in [4.78, 5) is 28.3. The van der Waals surface area contributed by atoms with E-state index in [-0.39, 0.29) is 5.91 Å². The van der Waals surface area contributed by atoms with Crippen molar-refractivity contribution in [3.8, 4) is 0 Å². The van der Waals surface area contributed by atoms with Gasteiger partial charge in [0.15, 0.2) is 0 Å². The van der Waals surface area contributed by atoms with Crippen molar-refractivity contribution in [3.05, 3.63) is 30.1 Å². The van der Waals surface area contributed by atoms with Gasteiger partial charge < -0.3 is 10.0 Å². The highest BCUT2D eigenvalue weighted by Gasteiger charge is 2.51. The van der Waals surface area contributed by atoms with Crippen LogP contribution in [0.4, 0.5) is 0 Å². The van der Waals surface area contributed by atoms with Gasteiger partial charge in [-0.25, -0.2) is 4.79 Å². The smallest absolute Gasteiger partial charge is 0.329 e. The molecule has 102 valence electrons. The molecule has 0 aliphatic carbocycles. The monoisotopic (exact) mass is 262 g/mol.